The average Bonchev–Trinajstić information content (AvgIpc) is 3.09. The molecular weight excluding hydrogens is 288 g/mol. The summed E-state index contributed by atoms with van der Waals surface area (Å²) < 4.78 is 0. The summed E-state index contributed by atoms with van der Waals surface area (Å²) in [6, 6.07) is 12.2. The molecule has 0 atom stereocenters. The van der Waals surface area contributed by atoms with Crippen LogP contribution in [0.25, 0.3) is 22.2 Å². The van der Waals surface area contributed by atoms with Crippen molar-refractivity contribution in [3.05, 3.63) is 66.7 Å². The highest BCUT2D eigenvalue weighted by Gasteiger charge is 2.04. The third-order valence-electron chi connectivity index (χ3n) is 3.57. The first-order valence-corrected chi connectivity index (χ1v) is 7.28. The van der Waals surface area contributed by atoms with Crippen LogP contribution in [0.4, 0.5) is 5.95 Å². The fraction of sp³-hybridized carbons (Fsp3) is 0.0588. The van der Waals surface area contributed by atoms with Gasteiger partial charge in [0.05, 0.1) is 6.20 Å². The normalized spacial score (nSPS) is 10.8. The smallest absolute Gasteiger partial charge is 0.222 e. The second-order valence-electron chi connectivity index (χ2n) is 5.17. The Bertz CT molecular complexity index is 915. The van der Waals surface area contributed by atoms with Crippen LogP contribution in [0.2, 0.25) is 0 Å². The van der Waals surface area contributed by atoms with Crippen molar-refractivity contribution in [2.75, 3.05) is 5.32 Å². The molecule has 0 bridgehead atoms. The van der Waals surface area contributed by atoms with E-state index in [1.54, 1.807) is 24.8 Å². The van der Waals surface area contributed by atoms with E-state index < -0.39 is 0 Å². The Labute approximate surface area is 132 Å². The first-order chi connectivity index (χ1) is 11.4. The van der Waals surface area contributed by atoms with Gasteiger partial charge >= 0.3 is 0 Å². The standard InChI is InChI=1S/C17H14N6/c1-2-4-12(5-3-1)7-19-17-20-9-15(10-21-17)13-6-14-11-22-23-16(14)18-8-13/h1-6,8-11H,7H2,(H,18,22,23)(H,19,20,21). The maximum atomic E-state index is 4.36. The number of rotatable bonds is 4. The fourth-order valence-corrected chi connectivity index (χ4v) is 2.34. The van der Waals surface area contributed by atoms with Gasteiger partial charge in [0.2, 0.25) is 5.95 Å². The highest BCUT2D eigenvalue weighted by Crippen LogP contribution is 2.20. The van der Waals surface area contributed by atoms with Gasteiger partial charge in [-0.3, -0.25) is 5.10 Å². The molecule has 3 aromatic heterocycles. The summed E-state index contributed by atoms with van der Waals surface area (Å²) in [7, 11) is 0. The van der Waals surface area contributed by atoms with Gasteiger partial charge in [0.1, 0.15) is 0 Å². The van der Waals surface area contributed by atoms with Gasteiger partial charge in [-0.15, -0.1) is 0 Å². The van der Waals surface area contributed by atoms with Crippen molar-refractivity contribution >= 4 is 17.0 Å². The van der Waals surface area contributed by atoms with Crippen LogP contribution in [0.3, 0.4) is 0 Å². The summed E-state index contributed by atoms with van der Waals surface area (Å²) in [6.07, 6.45) is 7.13. The van der Waals surface area contributed by atoms with E-state index in [-0.39, 0.29) is 0 Å². The molecular formula is C17H14N6. The minimum atomic E-state index is 0.606. The van der Waals surface area contributed by atoms with Crippen molar-refractivity contribution in [2.45, 2.75) is 6.54 Å². The number of hydrogen-bond donors (Lipinski definition) is 2. The SMILES string of the molecule is c1ccc(CNc2ncc(-c3cnc4[nH]ncc4c3)cn2)cc1. The number of aromatic amines is 1. The zero-order valence-electron chi connectivity index (χ0n) is 12.3. The molecule has 3 heterocycles. The molecule has 23 heavy (non-hydrogen) atoms. The van der Waals surface area contributed by atoms with Crippen LogP contribution in [0.5, 0.6) is 0 Å². The van der Waals surface area contributed by atoms with Crippen LogP contribution >= 0.6 is 0 Å². The van der Waals surface area contributed by atoms with Crippen LogP contribution in [0.15, 0.2) is 61.2 Å². The maximum Gasteiger partial charge on any atom is 0.222 e. The molecule has 0 fully saturated rings. The molecule has 0 saturated carbocycles. The molecule has 6 heteroatoms. The van der Waals surface area contributed by atoms with E-state index in [1.165, 1.54) is 5.56 Å². The average molecular weight is 302 g/mol. The first-order valence-electron chi connectivity index (χ1n) is 7.28. The molecule has 1 aromatic carbocycles. The van der Waals surface area contributed by atoms with E-state index in [9.17, 15) is 0 Å². The Kier molecular flexibility index (Phi) is 3.40. The Morgan fingerprint density at radius 2 is 1.65 bits per heavy atom. The molecule has 2 N–H and O–H groups in total. The van der Waals surface area contributed by atoms with Crippen LogP contribution in [-0.2, 0) is 6.54 Å². The van der Waals surface area contributed by atoms with Gasteiger partial charge < -0.3 is 5.32 Å². The van der Waals surface area contributed by atoms with Gasteiger partial charge in [-0.1, -0.05) is 30.3 Å². The maximum absolute atomic E-state index is 4.36. The summed E-state index contributed by atoms with van der Waals surface area (Å²) >= 11 is 0. The van der Waals surface area contributed by atoms with E-state index in [2.05, 4.69) is 42.6 Å². The number of hydrogen-bond acceptors (Lipinski definition) is 5. The lowest BCUT2D eigenvalue weighted by Gasteiger charge is -2.06. The third-order valence-corrected chi connectivity index (χ3v) is 3.57. The van der Waals surface area contributed by atoms with Crippen LogP contribution < -0.4 is 5.32 Å². The number of benzene rings is 1. The number of H-pyrrole nitrogens is 1. The molecule has 0 amide bonds. The molecule has 0 aliphatic carbocycles. The molecule has 0 aliphatic rings. The van der Waals surface area contributed by atoms with Gasteiger partial charge in [-0.05, 0) is 11.6 Å². The Morgan fingerprint density at radius 3 is 2.48 bits per heavy atom. The zero-order valence-corrected chi connectivity index (χ0v) is 12.3. The van der Waals surface area contributed by atoms with Crippen molar-refractivity contribution in [1.82, 2.24) is 25.1 Å². The second-order valence-corrected chi connectivity index (χ2v) is 5.17. The monoisotopic (exact) mass is 302 g/mol. The van der Waals surface area contributed by atoms with Gasteiger partial charge in [0.25, 0.3) is 0 Å². The van der Waals surface area contributed by atoms with E-state index in [0.717, 1.165) is 22.2 Å². The molecule has 4 aromatic rings. The zero-order chi connectivity index (χ0) is 15.5. The lowest BCUT2D eigenvalue weighted by Crippen LogP contribution is -2.03. The van der Waals surface area contributed by atoms with Crippen molar-refractivity contribution in [3.63, 3.8) is 0 Å². The van der Waals surface area contributed by atoms with Crippen molar-refractivity contribution in [1.29, 1.82) is 0 Å². The Morgan fingerprint density at radius 1 is 0.870 bits per heavy atom. The van der Waals surface area contributed by atoms with E-state index >= 15 is 0 Å². The highest BCUT2D eigenvalue weighted by atomic mass is 15.1. The number of nitrogens with zero attached hydrogens (tertiary/aromatic N) is 4. The van der Waals surface area contributed by atoms with E-state index in [4.69, 9.17) is 0 Å². The topological polar surface area (TPSA) is 79.4 Å². The summed E-state index contributed by atoms with van der Waals surface area (Å²) in [5.41, 5.74) is 3.85. The summed E-state index contributed by atoms with van der Waals surface area (Å²) in [5, 5.41) is 11.0. The molecule has 0 saturated heterocycles. The fourth-order valence-electron chi connectivity index (χ4n) is 2.34. The van der Waals surface area contributed by atoms with E-state index in [0.29, 0.717) is 12.5 Å². The number of anilines is 1. The van der Waals surface area contributed by atoms with Crippen LogP contribution in [0, 0.1) is 0 Å². The summed E-state index contributed by atoms with van der Waals surface area (Å²) in [6.45, 7) is 0.697. The largest absolute Gasteiger partial charge is 0.350 e. The molecule has 0 spiro atoms. The van der Waals surface area contributed by atoms with Crippen LogP contribution in [0.1, 0.15) is 5.56 Å². The predicted octanol–water partition coefficient (Wildman–Crippen LogP) is 3.03. The first kappa shape index (κ1) is 13.4. The minimum absolute atomic E-state index is 0.606. The van der Waals surface area contributed by atoms with Gasteiger partial charge in [-0.25, -0.2) is 15.0 Å². The summed E-state index contributed by atoms with van der Waals surface area (Å²) in [5.74, 6) is 0.606. The molecule has 0 unspecified atom stereocenters. The van der Waals surface area contributed by atoms with E-state index in [1.807, 2.05) is 24.3 Å². The van der Waals surface area contributed by atoms with Crippen molar-refractivity contribution < 1.29 is 0 Å². The molecule has 0 radical (unpaired) electrons. The lowest BCUT2D eigenvalue weighted by molar-refractivity contribution is 1.05. The minimum Gasteiger partial charge on any atom is -0.350 e. The number of fused-ring (bicyclic) bond motifs is 1. The van der Waals surface area contributed by atoms with Gasteiger partial charge in [0, 0.05) is 41.6 Å². The van der Waals surface area contributed by atoms with Crippen LogP contribution in [-0.4, -0.2) is 25.1 Å². The Hall–Kier alpha value is -3.28. The molecule has 112 valence electrons. The predicted molar refractivity (Wildman–Crippen MR) is 88.7 cm³/mol. The highest BCUT2D eigenvalue weighted by molar-refractivity contribution is 5.79. The van der Waals surface area contributed by atoms with Gasteiger partial charge in [0.15, 0.2) is 5.65 Å². The molecule has 0 aliphatic heterocycles. The van der Waals surface area contributed by atoms with Crippen molar-refractivity contribution in [3.8, 4) is 11.1 Å². The van der Waals surface area contributed by atoms with Crippen molar-refractivity contribution in [2.24, 2.45) is 0 Å². The lowest BCUT2D eigenvalue weighted by atomic mass is 10.1. The Balaban J connectivity index is 1.51. The third kappa shape index (κ3) is 2.87. The van der Waals surface area contributed by atoms with Gasteiger partial charge in [-0.2, -0.15) is 5.10 Å². The number of nitrogens with one attached hydrogen (secondary N) is 2. The second kappa shape index (κ2) is 5.84. The summed E-state index contributed by atoms with van der Waals surface area (Å²) in [4.78, 5) is 13.1. The molecule has 4 rings (SSSR count). The number of pyridine rings is 1. The number of aromatic nitrogens is 5. The quantitative estimate of drug-likeness (QED) is 0.606. The molecule has 6 nitrogen and oxygen atoms in total.